The van der Waals surface area contributed by atoms with E-state index in [-0.39, 0.29) is 5.46 Å². The Balaban J connectivity index is 2.36. The molecular weight excluding hydrogens is 260 g/mol. The summed E-state index contributed by atoms with van der Waals surface area (Å²) in [5, 5.41) is 23.0. The van der Waals surface area contributed by atoms with Crippen molar-refractivity contribution in [2.45, 2.75) is 33.2 Å². The summed E-state index contributed by atoms with van der Waals surface area (Å²) in [6.07, 6.45) is 1.46. The van der Waals surface area contributed by atoms with Gasteiger partial charge in [0.15, 0.2) is 5.82 Å². The molecule has 1 aromatic heterocycles. The van der Waals surface area contributed by atoms with Gasteiger partial charge < -0.3 is 10.0 Å². The Labute approximate surface area is 117 Å². The Kier molecular flexibility index (Phi) is 4.51. The summed E-state index contributed by atoms with van der Waals surface area (Å²) < 4.78 is 14.9. The van der Waals surface area contributed by atoms with Crippen molar-refractivity contribution in [3.63, 3.8) is 0 Å². The van der Waals surface area contributed by atoms with Crippen molar-refractivity contribution in [2.75, 3.05) is 0 Å². The van der Waals surface area contributed by atoms with Crippen LogP contribution in [0.4, 0.5) is 4.39 Å². The van der Waals surface area contributed by atoms with E-state index < -0.39 is 12.9 Å². The van der Waals surface area contributed by atoms with Crippen LogP contribution >= 0.6 is 0 Å². The minimum absolute atomic E-state index is 0.153. The van der Waals surface area contributed by atoms with Gasteiger partial charge in [0.1, 0.15) is 11.6 Å². The van der Waals surface area contributed by atoms with E-state index in [1.54, 1.807) is 4.68 Å². The Morgan fingerprint density at radius 1 is 1.25 bits per heavy atom. The molecule has 20 heavy (non-hydrogen) atoms. The molecule has 0 saturated heterocycles. The molecule has 7 heteroatoms. The molecule has 0 aliphatic heterocycles. The van der Waals surface area contributed by atoms with Crippen LogP contribution in [-0.4, -0.2) is 31.9 Å². The van der Waals surface area contributed by atoms with Crippen molar-refractivity contribution in [2.24, 2.45) is 0 Å². The van der Waals surface area contributed by atoms with Gasteiger partial charge in [0.2, 0.25) is 0 Å². The Hall–Kier alpha value is -1.73. The van der Waals surface area contributed by atoms with E-state index in [2.05, 4.69) is 10.1 Å². The van der Waals surface area contributed by atoms with Gasteiger partial charge in [-0.05, 0) is 23.2 Å². The highest BCUT2D eigenvalue weighted by Crippen LogP contribution is 2.07. The van der Waals surface area contributed by atoms with Crippen LogP contribution in [0.2, 0.25) is 0 Å². The van der Waals surface area contributed by atoms with Crippen LogP contribution in [0.25, 0.3) is 0 Å². The number of aromatic nitrogens is 3. The highest BCUT2D eigenvalue weighted by molar-refractivity contribution is 6.59. The highest BCUT2D eigenvalue weighted by atomic mass is 19.1. The number of benzene rings is 1. The van der Waals surface area contributed by atoms with Gasteiger partial charge in [0.25, 0.3) is 0 Å². The first-order valence-electron chi connectivity index (χ1n) is 6.62. The van der Waals surface area contributed by atoms with E-state index in [0.717, 1.165) is 30.6 Å². The Morgan fingerprint density at radius 2 is 2.00 bits per heavy atom. The van der Waals surface area contributed by atoms with Crippen molar-refractivity contribution in [3.05, 3.63) is 41.2 Å². The molecule has 0 atom stereocenters. The summed E-state index contributed by atoms with van der Waals surface area (Å²) in [5.74, 6) is 1.07. The Bertz CT molecular complexity index is 601. The van der Waals surface area contributed by atoms with Crippen molar-refractivity contribution >= 4 is 12.6 Å². The molecule has 1 heterocycles. The molecule has 2 N–H and O–H groups in total. The molecule has 5 nitrogen and oxygen atoms in total. The number of hydrogen-bond donors (Lipinski definition) is 2. The summed E-state index contributed by atoms with van der Waals surface area (Å²) >= 11 is 0. The lowest BCUT2D eigenvalue weighted by Crippen LogP contribution is -2.34. The molecule has 0 saturated carbocycles. The quantitative estimate of drug-likeness (QED) is 0.770. The monoisotopic (exact) mass is 277 g/mol. The molecule has 0 spiro atoms. The third kappa shape index (κ3) is 3.05. The first-order chi connectivity index (χ1) is 9.55. The molecule has 0 aliphatic carbocycles. The second-order valence-corrected chi connectivity index (χ2v) is 4.53. The summed E-state index contributed by atoms with van der Waals surface area (Å²) in [4.78, 5) is 4.39. The lowest BCUT2D eigenvalue weighted by atomic mass is 9.77. The van der Waals surface area contributed by atoms with Crippen molar-refractivity contribution in [1.29, 1.82) is 0 Å². The molecule has 0 unspecified atom stereocenters. The maximum Gasteiger partial charge on any atom is 0.488 e. The van der Waals surface area contributed by atoms with Gasteiger partial charge in [-0.2, -0.15) is 5.10 Å². The lowest BCUT2D eigenvalue weighted by molar-refractivity contribution is 0.424. The average molecular weight is 277 g/mol. The van der Waals surface area contributed by atoms with Gasteiger partial charge in [0.05, 0.1) is 6.54 Å². The number of halogens is 1. The maximum atomic E-state index is 13.2. The molecular formula is C13H17BFN3O2. The number of rotatable bonds is 5. The van der Waals surface area contributed by atoms with Gasteiger partial charge in [-0.15, -0.1) is 0 Å². The van der Waals surface area contributed by atoms with Crippen molar-refractivity contribution in [1.82, 2.24) is 14.8 Å². The molecule has 2 aromatic rings. The fourth-order valence-electron chi connectivity index (χ4n) is 2.08. The largest absolute Gasteiger partial charge is 0.488 e. The van der Waals surface area contributed by atoms with Crippen LogP contribution in [0, 0.1) is 5.82 Å². The summed E-state index contributed by atoms with van der Waals surface area (Å²) in [7, 11) is -1.71. The van der Waals surface area contributed by atoms with E-state index in [4.69, 9.17) is 0 Å². The normalized spacial score (nSPS) is 10.8. The third-order valence-corrected chi connectivity index (χ3v) is 3.13. The lowest BCUT2D eigenvalue weighted by Gasteiger charge is -2.10. The summed E-state index contributed by atoms with van der Waals surface area (Å²) in [6, 6.07) is 3.96. The number of nitrogens with zero attached hydrogens (tertiary/aromatic N) is 3. The van der Waals surface area contributed by atoms with Gasteiger partial charge >= 0.3 is 7.12 Å². The minimum Gasteiger partial charge on any atom is -0.423 e. The van der Waals surface area contributed by atoms with Gasteiger partial charge in [-0.25, -0.2) is 14.1 Å². The third-order valence-electron chi connectivity index (χ3n) is 3.13. The van der Waals surface area contributed by atoms with Crippen LogP contribution in [0.1, 0.15) is 31.1 Å². The van der Waals surface area contributed by atoms with Crippen LogP contribution in [0.15, 0.2) is 18.2 Å². The Morgan fingerprint density at radius 3 is 2.60 bits per heavy atom. The molecule has 0 bridgehead atoms. The first-order valence-corrected chi connectivity index (χ1v) is 6.62. The van der Waals surface area contributed by atoms with Crippen LogP contribution in [0.5, 0.6) is 0 Å². The predicted octanol–water partition coefficient (Wildman–Crippen LogP) is 0.270. The second kappa shape index (κ2) is 6.15. The highest BCUT2D eigenvalue weighted by Gasteiger charge is 2.18. The minimum atomic E-state index is -1.71. The smallest absolute Gasteiger partial charge is 0.423 e. The standard InChI is InChI=1S/C13H17BFN3O2/c1-3-12-16-13(4-2)18(17-12)8-9-5-6-10(15)7-11(9)14(19)20/h5-7,19-20H,3-4,8H2,1-2H3. The fraction of sp³-hybridized carbons (Fsp3) is 0.385. The average Bonchev–Trinajstić information content (AvgIpc) is 2.82. The van der Waals surface area contributed by atoms with Crippen LogP contribution in [0.3, 0.4) is 0 Å². The molecule has 106 valence electrons. The first kappa shape index (κ1) is 14.7. The molecule has 0 amide bonds. The van der Waals surface area contributed by atoms with Gasteiger partial charge in [-0.1, -0.05) is 19.9 Å². The molecule has 0 radical (unpaired) electrons. The zero-order valence-electron chi connectivity index (χ0n) is 11.5. The van der Waals surface area contributed by atoms with E-state index in [0.29, 0.717) is 12.1 Å². The summed E-state index contributed by atoms with van der Waals surface area (Å²) in [5.41, 5.74) is 0.768. The zero-order chi connectivity index (χ0) is 14.7. The maximum absolute atomic E-state index is 13.2. The van der Waals surface area contributed by atoms with Gasteiger partial charge in [-0.3, -0.25) is 0 Å². The topological polar surface area (TPSA) is 71.2 Å². The number of aryl methyl sites for hydroxylation is 2. The zero-order valence-corrected chi connectivity index (χ0v) is 11.5. The van der Waals surface area contributed by atoms with Crippen LogP contribution < -0.4 is 5.46 Å². The summed E-state index contributed by atoms with van der Waals surface area (Å²) in [6.45, 7) is 4.29. The molecule has 1 aromatic carbocycles. The van der Waals surface area contributed by atoms with Crippen molar-refractivity contribution in [3.8, 4) is 0 Å². The van der Waals surface area contributed by atoms with Crippen molar-refractivity contribution < 1.29 is 14.4 Å². The van der Waals surface area contributed by atoms with E-state index >= 15 is 0 Å². The molecule has 2 rings (SSSR count). The van der Waals surface area contributed by atoms with E-state index in [1.165, 1.54) is 12.1 Å². The molecule has 0 fully saturated rings. The van der Waals surface area contributed by atoms with Gasteiger partial charge in [0, 0.05) is 12.8 Å². The SMILES string of the molecule is CCc1nc(CC)n(Cc2ccc(F)cc2B(O)O)n1. The van der Waals surface area contributed by atoms with E-state index in [1.807, 2.05) is 13.8 Å². The van der Waals surface area contributed by atoms with Crippen LogP contribution in [-0.2, 0) is 19.4 Å². The second-order valence-electron chi connectivity index (χ2n) is 4.53. The van der Waals surface area contributed by atoms with E-state index in [9.17, 15) is 14.4 Å². The molecule has 0 aliphatic rings. The fourth-order valence-corrected chi connectivity index (χ4v) is 2.08. The predicted molar refractivity (Wildman–Crippen MR) is 74.1 cm³/mol. The number of hydrogen-bond acceptors (Lipinski definition) is 4.